The van der Waals surface area contributed by atoms with Crippen LogP contribution in [0.5, 0.6) is 11.5 Å². The second-order valence-corrected chi connectivity index (χ2v) is 6.32. The molecule has 0 amide bonds. The normalized spacial score (nSPS) is 18.6. The Bertz CT molecular complexity index is 467. The average Bonchev–Trinajstić information content (AvgIpc) is 2.42. The van der Waals surface area contributed by atoms with Crippen molar-refractivity contribution in [1.82, 2.24) is 0 Å². The summed E-state index contributed by atoms with van der Waals surface area (Å²) in [4.78, 5) is 0. The Morgan fingerprint density at radius 2 is 1.90 bits per heavy atom. The van der Waals surface area contributed by atoms with Gasteiger partial charge in [0.05, 0.1) is 12.8 Å². The molecule has 0 heterocycles. The third-order valence-corrected chi connectivity index (χ3v) is 4.10. The van der Waals surface area contributed by atoms with Gasteiger partial charge in [-0.1, -0.05) is 13.8 Å². The van der Waals surface area contributed by atoms with E-state index < -0.39 is 6.61 Å². The van der Waals surface area contributed by atoms with Crippen LogP contribution in [0.4, 0.5) is 14.5 Å². The minimum atomic E-state index is -2.83. The topological polar surface area (TPSA) is 30.5 Å². The van der Waals surface area contributed by atoms with Crippen LogP contribution in [0.2, 0.25) is 0 Å². The minimum absolute atomic E-state index is 0.163. The number of nitrogens with one attached hydrogen (secondary N) is 1. The van der Waals surface area contributed by atoms with Gasteiger partial charge >= 0.3 is 6.61 Å². The van der Waals surface area contributed by atoms with Crippen molar-refractivity contribution < 1.29 is 18.3 Å². The fraction of sp³-hybridized carbons (Fsp3) is 0.625. The molecule has 0 radical (unpaired) electrons. The molecular weight excluding hydrogens is 276 g/mol. The molecule has 0 aliphatic heterocycles. The molecule has 1 aliphatic carbocycles. The van der Waals surface area contributed by atoms with Gasteiger partial charge in [-0.3, -0.25) is 0 Å². The van der Waals surface area contributed by atoms with E-state index in [1.54, 1.807) is 19.2 Å². The number of hydrogen-bond acceptors (Lipinski definition) is 3. The van der Waals surface area contributed by atoms with Crippen LogP contribution in [-0.2, 0) is 0 Å². The van der Waals surface area contributed by atoms with Crippen molar-refractivity contribution >= 4 is 5.69 Å². The van der Waals surface area contributed by atoms with Gasteiger partial charge in [-0.2, -0.15) is 8.78 Å². The first kappa shape index (κ1) is 15.9. The van der Waals surface area contributed by atoms with Crippen LogP contribution in [0, 0.1) is 5.41 Å². The molecule has 21 heavy (non-hydrogen) atoms. The van der Waals surface area contributed by atoms with Crippen molar-refractivity contribution in [3.8, 4) is 11.5 Å². The lowest BCUT2D eigenvalue weighted by molar-refractivity contribution is -0.0494. The Labute approximate surface area is 124 Å². The number of ether oxygens (including phenoxy) is 2. The van der Waals surface area contributed by atoms with Crippen LogP contribution in [0.25, 0.3) is 0 Å². The van der Waals surface area contributed by atoms with Gasteiger partial charge in [0.15, 0.2) is 0 Å². The Morgan fingerprint density at radius 3 is 2.48 bits per heavy atom. The van der Waals surface area contributed by atoms with Crippen LogP contribution >= 0.6 is 0 Å². The summed E-state index contributed by atoms with van der Waals surface area (Å²) in [7, 11) is 1.55. The smallest absolute Gasteiger partial charge is 0.387 e. The minimum Gasteiger partial charge on any atom is -0.497 e. The average molecular weight is 299 g/mol. The van der Waals surface area contributed by atoms with E-state index >= 15 is 0 Å². The first-order valence-corrected chi connectivity index (χ1v) is 7.29. The highest BCUT2D eigenvalue weighted by atomic mass is 19.3. The molecule has 1 aromatic carbocycles. The third kappa shape index (κ3) is 4.48. The van der Waals surface area contributed by atoms with Gasteiger partial charge in [0.25, 0.3) is 0 Å². The SMILES string of the molecule is COc1ccc(OC(F)F)c(NC2CCC(C)(C)CC2)c1. The zero-order chi connectivity index (χ0) is 15.5. The van der Waals surface area contributed by atoms with E-state index in [2.05, 4.69) is 23.9 Å². The maximum Gasteiger partial charge on any atom is 0.387 e. The summed E-state index contributed by atoms with van der Waals surface area (Å²) >= 11 is 0. The molecule has 1 aliphatic rings. The zero-order valence-corrected chi connectivity index (χ0v) is 12.8. The van der Waals surface area contributed by atoms with Crippen LogP contribution in [0.1, 0.15) is 39.5 Å². The summed E-state index contributed by atoms with van der Waals surface area (Å²) in [5, 5.41) is 3.33. The molecule has 1 aromatic rings. The van der Waals surface area contributed by atoms with Crippen molar-refractivity contribution in [3.05, 3.63) is 18.2 Å². The van der Waals surface area contributed by atoms with E-state index in [0.29, 0.717) is 16.9 Å². The number of rotatable bonds is 5. The highest BCUT2D eigenvalue weighted by Gasteiger charge is 2.27. The van der Waals surface area contributed by atoms with Crippen molar-refractivity contribution in [2.75, 3.05) is 12.4 Å². The summed E-state index contributed by atoms with van der Waals surface area (Å²) in [6.07, 6.45) is 4.30. The van der Waals surface area contributed by atoms with Crippen LogP contribution in [0.15, 0.2) is 18.2 Å². The number of halogens is 2. The predicted molar refractivity (Wildman–Crippen MR) is 79.3 cm³/mol. The van der Waals surface area contributed by atoms with Crippen molar-refractivity contribution in [3.63, 3.8) is 0 Å². The van der Waals surface area contributed by atoms with Gasteiger partial charge in [-0.25, -0.2) is 0 Å². The molecule has 0 atom stereocenters. The van der Waals surface area contributed by atoms with Crippen molar-refractivity contribution in [2.45, 2.75) is 52.2 Å². The van der Waals surface area contributed by atoms with E-state index in [1.807, 2.05) is 0 Å². The summed E-state index contributed by atoms with van der Waals surface area (Å²) in [6, 6.07) is 5.12. The number of alkyl halides is 2. The Morgan fingerprint density at radius 1 is 1.24 bits per heavy atom. The van der Waals surface area contributed by atoms with Gasteiger partial charge < -0.3 is 14.8 Å². The van der Waals surface area contributed by atoms with E-state index in [-0.39, 0.29) is 11.8 Å². The Hall–Kier alpha value is -1.52. The molecule has 1 saturated carbocycles. The third-order valence-electron chi connectivity index (χ3n) is 4.10. The molecule has 3 nitrogen and oxygen atoms in total. The number of hydrogen-bond donors (Lipinski definition) is 1. The molecule has 0 unspecified atom stereocenters. The second kappa shape index (κ2) is 6.50. The quantitative estimate of drug-likeness (QED) is 0.856. The molecule has 0 aromatic heterocycles. The lowest BCUT2D eigenvalue weighted by Crippen LogP contribution is -2.30. The summed E-state index contributed by atoms with van der Waals surface area (Å²) in [5.74, 6) is 0.783. The first-order chi connectivity index (χ1) is 9.89. The number of benzene rings is 1. The molecule has 0 bridgehead atoms. The lowest BCUT2D eigenvalue weighted by Gasteiger charge is -2.35. The summed E-state index contributed by atoms with van der Waals surface area (Å²) < 4.78 is 34.7. The lowest BCUT2D eigenvalue weighted by atomic mass is 9.75. The Kier molecular flexibility index (Phi) is 4.91. The van der Waals surface area contributed by atoms with Crippen LogP contribution in [-0.4, -0.2) is 19.8 Å². The standard InChI is InChI=1S/C16H23F2NO2/c1-16(2)8-6-11(7-9-16)19-13-10-12(20-3)4-5-14(13)21-15(17)18/h4-5,10-11,15,19H,6-9H2,1-3H3. The fourth-order valence-corrected chi connectivity index (χ4v) is 2.71. The van der Waals surface area contributed by atoms with Gasteiger partial charge in [0.1, 0.15) is 11.5 Å². The molecule has 0 saturated heterocycles. The molecule has 1 N–H and O–H groups in total. The van der Waals surface area contributed by atoms with E-state index in [4.69, 9.17) is 4.74 Å². The van der Waals surface area contributed by atoms with Gasteiger partial charge in [-0.15, -0.1) is 0 Å². The van der Waals surface area contributed by atoms with Crippen LogP contribution in [0.3, 0.4) is 0 Å². The summed E-state index contributed by atoms with van der Waals surface area (Å²) in [5.41, 5.74) is 0.939. The second-order valence-electron chi connectivity index (χ2n) is 6.32. The molecule has 5 heteroatoms. The number of anilines is 1. The van der Waals surface area contributed by atoms with E-state index in [9.17, 15) is 8.78 Å². The largest absolute Gasteiger partial charge is 0.497 e. The van der Waals surface area contributed by atoms with Crippen LogP contribution < -0.4 is 14.8 Å². The maximum absolute atomic E-state index is 12.5. The van der Waals surface area contributed by atoms with Gasteiger partial charge in [0.2, 0.25) is 0 Å². The monoisotopic (exact) mass is 299 g/mol. The van der Waals surface area contributed by atoms with E-state index in [0.717, 1.165) is 25.7 Å². The predicted octanol–water partition coefficient (Wildman–Crippen LogP) is 4.68. The zero-order valence-electron chi connectivity index (χ0n) is 12.8. The van der Waals surface area contributed by atoms with Crippen molar-refractivity contribution in [2.24, 2.45) is 5.41 Å². The molecule has 0 spiro atoms. The highest BCUT2D eigenvalue weighted by Crippen LogP contribution is 2.38. The highest BCUT2D eigenvalue weighted by molar-refractivity contribution is 5.60. The van der Waals surface area contributed by atoms with E-state index in [1.165, 1.54) is 6.07 Å². The van der Waals surface area contributed by atoms with Crippen molar-refractivity contribution in [1.29, 1.82) is 0 Å². The molecular formula is C16H23F2NO2. The summed E-state index contributed by atoms with van der Waals surface area (Å²) in [6.45, 7) is 1.70. The van der Waals surface area contributed by atoms with Gasteiger partial charge in [-0.05, 0) is 43.2 Å². The first-order valence-electron chi connectivity index (χ1n) is 7.29. The Balaban J connectivity index is 2.10. The number of methoxy groups -OCH3 is 1. The maximum atomic E-state index is 12.5. The molecule has 118 valence electrons. The van der Waals surface area contributed by atoms with Gasteiger partial charge in [0, 0.05) is 12.1 Å². The fourth-order valence-electron chi connectivity index (χ4n) is 2.71. The molecule has 1 fully saturated rings. The molecule has 2 rings (SSSR count).